The summed E-state index contributed by atoms with van der Waals surface area (Å²) in [5, 5.41) is 2.48. The predicted octanol–water partition coefficient (Wildman–Crippen LogP) is 5.42. The molecule has 2 nitrogen and oxygen atoms in total. The minimum atomic E-state index is 0.0646. The lowest BCUT2D eigenvalue weighted by atomic mass is 10.1. The molecule has 0 amide bonds. The second-order valence-corrected chi connectivity index (χ2v) is 5.93. The van der Waals surface area contributed by atoms with Crippen LogP contribution in [0.25, 0.3) is 17.0 Å². The molecule has 0 unspecified atom stereocenters. The summed E-state index contributed by atoms with van der Waals surface area (Å²) in [4.78, 5) is 12.8. The standard InChI is InChI=1S/C19H22BrNO/c1-3-4-5-6-7-8-12-21-17(14-20)13-16-11-9-10-15(2)18(16)19(21)22/h3-4,8-13H,5-7,14H2,1-2H3/b4-3+,12-8+. The van der Waals surface area contributed by atoms with Crippen LogP contribution in [-0.2, 0) is 5.33 Å². The number of hydrogen-bond donors (Lipinski definition) is 0. The van der Waals surface area contributed by atoms with Crippen LogP contribution in [0.4, 0.5) is 0 Å². The van der Waals surface area contributed by atoms with Crippen molar-refractivity contribution < 1.29 is 0 Å². The minimum Gasteiger partial charge on any atom is -0.287 e. The number of nitrogens with zero attached hydrogens (tertiary/aromatic N) is 1. The highest BCUT2D eigenvalue weighted by atomic mass is 79.9. The van der Waals surface area contributed by atoms with Crippen LogP contribution < -0.4 is 5.56 Å². The van der Waals surface area contributed by atoms with Gasteiger partial charge in [0.05, 0.1) is 5.39 Å². The van der Waals surface area contributed by atoms with Crippen molar-refractivity contribution in [1.82, 2.24) is 4.57 Å². The van der Waals surface area contributed by atoms with Crippen molar-refractivity contribution >= 4 is 32.9 Å². The number of unbranched alkanes of at least 4 members (excludes halogenated alkanes) is 2. The number of rotatable bonds is 6. The first-order valence-electron chi connectivity index (χ1n) is 7.66. The molecular formula is C19H22BrNO. The van der Waals surface area contributed by atoms with Crippen LogP contribution in [-0.4, -0.2) is 4.57 Å². The Morgan fingerprint density at radius 1 is 1.23 bits per heavy atom. The summed E-state index contributed by atoms with van der Waals surface area (Å²) in [5.74, 6) is 0. The highest BCUT2D eigenvalue weighted by Gasteiger charge is 2.08. The van der Waals surface area contributed by atoms with Crippen LogP contribution in [0.5, 0.6) is 0 Å². The van der Waals surface area contributed by atoms with Crippen LogP contribution in [0, 0.1) is 6.92 Å². The van der Waals surface area contributed by atoms with Gasteiger partial charge in [0.2, 0.25) is 0 Å². The van der Waals surface area contributed by atoms with E-state index in [4.69, 9.17) is 0 Å². The fourth-order valence-electron chi connectivity index (χ4n) is 2.57. The first kappa shape index (κ1) is 16.8. The summed E-state index contributed by atoms with van der Waals surface area (Å²) in [5.41, 5.74) is 2.07. The maximum absolute atomic E-state index is 12.8. The molecule has 0 aliphatic carbocycles. The topological polar surface area (TPSA) is 22.0 Å². The molecule has 0 N–H and O–H groups in total. The molecule has 116 valence electrons. The summed E-state index contributed by atoms with van der Waals surface area (Å²) in [6, 6.07) is 8.07. The van der Waals surface area contributed by atoms with Gasteiger partial charge in [-0.05, 0) is 50.1 Å². The molecular weight excluding hydrogens is 338 g/mol. The van der Waals surface area contributed by atoms with Crippen molar-refractivity contribution in [3.05, 3.63) is 64.1 Å². The molecule has 0 saturated carbocycles. The summed E-state index contributed by atoms with van der Waals surface area (Å²) < 4.78 is 1.76. The fraction of sp³-hybridized carbons (Fsp3) is 0.316. The van der Waals surface area contributed by atoms with E-state index in [-0.39, 0.29) is 5.56 Å². The molecule has 22 heavy (non-hydrogen) atoms. The molecule has 2 rings (SSSR count). The van der Waals surface area contributed by atoms with Crippen molar-refractivity contribution in [2.24, 2.45) is 0 Å². The van der Waals surface area contributed by atoms with E-state index in [0.29, 0.717) is 5.33 Å². The quantitative estimate of drug-likeness (QED) is 0.383. The number of allylic oxidation sites excluding steroid dienone is 3. The smallest absolute Gasteiger partial charge is 0.262 e. The monoisotopic (exact) mass is 359 g/mol. The lowest BCUT2D eigenvalue weighted by Gasteiger charge is -2.10. The zero-order valence-electron chi connectivity index (χ0n) is 13.2. The largest absolute Gasteiger partial charge is 0.287 e. The molecule has 1 aromatic carbocycles. The Kier molecular flexibility index (Phi) is 6.20. The van der Waals surface area contributed by atoms with Gasteiger partial charge in [0.15, 0.2) is 0 Å². The Morgan fingerprint density at radius 3 is 2.73 bits per heavy atom. The molecule has 0 aliphatic rings. The van der Waals surface area contributed by atoms with Gasteiger partial charge < -0.3 is 0 Å². The Hall–Kier alpha value is -1.61. The number of halogens is 1. The average Bonchev–Trinajstić information content (AvgIpc) is 2.52. The Morgan fingerprint density at radius 2 is 2.00 bits per heavy atom. The lowest BCUT2D eigenvalue weighted by Crippen LogP contribution is -2.19. The maximum atomic E-state index is 12.8. The van der Waals surface area contributed by atoms with E-state index in [1.807, 2.05) is 38.2 Å². The third-order valence-electron chi connectivity index (χ3n) is 3.74. The third-order valence-corrected chi connectivity index (χ3v) is 4.31. The van der Waals surface area contributed by atoms with Crippen molar-refractivity contribution in [2.45, 2.75) is 38.4 Å². The van der Waals surface area contributed by atoms with Crippen LogP contribution in [0.2, 0.25) is 0 Å². The van der Waals surface area contributed by atoms with Gasteiger partial charge in [0.25, 0.3) is 5.56 Å². The molecule has 1 aromatic heterocycles. The zero-order valence-corrected chi connectivity index (χ0v) is 14.8. The van der Waals surface area contributed by atoms with Gasteiger partial charge in [0, 0.05) is 17.2 Å². The summed E-state index contributed by atoms with van der Waals surface area (Å²) in [6.45, 7) is 4.03. The van der Waals surface area contributed by atoms with E-state index in [1.54, 1.807) is 4.57 Å². The van der Waals surface area contributed by atoms with Crippen LogP contribution in [0.15, 0.2) is 47.3 Å². The molecule has 0 fully saturated rings. The molecule has 1 heterocycles. The Bertz CT molecular complexity index is 756. The van der Waals surface area contributed by atoms with E-state index in [2.05, 4.69) is 40.2 Å². The second-order valence-electron chi connectivity index (χ2n) is 5.37. The van der Waals surface area contributed by atoms with Gasteiger partial charge in [-0.15, -0.1) is 0 Å². The highest BCUT2D eigenvalue weighted by Crippen LogP contribution is 2.18. The van der Waals surface area contributed by atoms with Gasteiger partial charge in [-0.25, -0.2) is 0 Å². The van der Waals surface area contributed by atoms with E-state index >= 15 is 0 Å². The number of aryl methyl sites for hydroxylation is 1. The molecule has 3 heteroatoms. The minimum absolute atomic E-state index is 0.0646. The first-order valence-corrected chi connectivity index (χ1v) is 8.78. The summed E-state index contributed by atoms with van der Waals surface area (Å²) in [6.07, 6.45) is 11.4. The van der Waals surface area contributed by atoms with E-state index in [9.17, 15) is 4.79 Å². The SMILES string of the molecule is C/C=C/CCC/C=C/n1c(CBr)cc2cccc(C)c2c1=O. The van der Waals surface area contributed by atoms with Crippen molar-refractivity contribution in [3.8, 4) is 0 Å². The Balaban J connectivity index is 2.36. The zero-order chi connectivity index (χ0) is 15.9. The fourth-order valence-corrected chi connectivity index (χ4v) is 3.00. The highest BCUT2D eigenvalue weighted by molar-refractivity contribution is 9.08. The van der Waals surface area contributed by atoms with Crippen LogP contribution in [0.1, 0.15) is 37.4 Å². The molecule has 0 spiro atoms. The van der Waals surface area contributed by atoms with E-state index in [0.717, 1.165) is 41.3 Å². The Labute approximate surface area is 140 Å². The van der Waals surface area contributed by atoms with Crippen LogP contribution in [0.3, 0.4) is 0 Å². The molecule has 0 atom stereocenters. The summed E-state index contributed by atoms with van der Waals surface area (Å²) in [7, 11) is 0. The first-order chi connectivity index (χ1) is 10.7. The summed E-state index contributed by atoms with van der Waals surface area (Å²) >= 11 is 3.49. The average molecular weight is 360 g/mol. The molecule has 0 aliphatic heterocycles. The normalized spacial score (nSPS) is 12.0. The number of alkyl halides is 1. The van der Waals surface area contributed by atoms with Crippen molar-refractivity contribution in [3.63, 3.8) is 0 Å². The van der Waals surface area contributed by atoms with Crippen molar-refractivity contribution in [2.75, 3.05) is 0 Å². The third kappa shape index (κ3) is 3.77. The molecule has 2 aromatic rings. The lowest BCUT2D eigenvalue weighted by molar-refractivity contribution is 0.864. The molecule has 0 saturated heterocycles. The second kappa shape index (κ2) is 8.14. The number of fused-ring (bicyclic) bond motifs is 1. The van der Waals surface area contributed by atoms with Crippen LogP contribution >= 0.6 is 15.9 Å². The number of hydrogen-bond acceptors (Lipinski definition) is 1. The van der Waals surface area contributed by atoms with Gasteiger partial charge in [-0.3, -0.25) is 9.36 Å². The number of aromatic nitrogens is 1. The van der Waals surface area contributed by atoms with E-state index < -0.39 is 0 Å². The molecule has 0 radical (unpaired) electrons. The van der Waals surface area contributed by atoms with Gasteiger partial charge in [0.1, 0.15) is 0 Å². The number of benzene rings is 1. The molecule has 0 bridgehead atoms. The van der Waals surface area contributed by atoms with Gasteiger partial charge in [-0.2, -0.15) is 0 Å². The van der Waals surface area contributed by atoms with E-state index in [1.165, 1.54) is 0 Å². The van der Waals surface area contributed by atoms with Crippen molar-refractivity contribution in [1.29, 1.82) is 0 Å². The van der Waals surface area contributed by atoms with Gasteiger partial charge in [-0.1, -0.05) is 52.4 Å². The predicted molar refractivity (Wildman–Crippen MR) is 99.6 cm³/mol. The van der Waals surface area contributed by atoms with Gasteiger partial charge >= 0.3 is 0 Å². The number of pyridine rings is 1. The maximum Gasteiger partial charge on any atom is 0.262 e.